The fourth-order valence-electron chi connectivity index (χ4n) is 2.91. The number of carbonyl (C=O) groups is 1. The number of aliphatic imine (C=N–C) groups is 1. The van der Waals surface area contributed by atoms with Gasteiger partial charge in [-0.05, 0) is 47.7 Å². The van der Waals surface area contributed by atoms with Gasteiger partial charge in [-0.1, -0.05) is 45.0 Å². The van der Waals surface area contributed by atoms with Gasteiger partial charge in [0.25, 0.3) is 0 Å². The first kappa shape index (κ1) is 23.3. The number of nitrogens with one attached hydrogen (secondary N) is 3. The lowest BCUT2D eigenvalue weighted by Crippen LogP contribution is -2.37. The molecule has 0 bridgehead atoms. The Hall–Kier alpha value is -3.02. The Morgan fingerprint density at radius 2 is 1.67 bits per heavy atom. The molecule has 0 saturated carbocycles. The topological polar surface area (TPSA) is 74.8 Å². The van der Waals surface area contributed by atoms with Crippen molar-refractivity contribution in [2.45, 2.75) is 39.7 Å². The molecule has 6 nitrogen and oxygen atoms in total. The van der Waals surface area contributed by atoms with Crippen molar-refractivity contribution in [1.29, 1.82) is 0 Å². The van der Waals surface area contributed by atoms with Crippen molar-refractivity contribution >= 4 is 17.6 Å². The Balaban J connectivity index is 1.75. The number of amides is 1. The maximum atomic E-state index is 11.8. The zero-order chi connectivity index (χ0) is 21.9. The SMILES string of the molecule is CN=C(NCCC(C)c1ccc(OC)cc1)NCc1ccc(NC(=O)C(C)C)cc1. The Labute approximate surface area is 180 Å². The molecule has 0 aliphatic rings. The minimum atomic E-state index is -0.0341. The van der Waals surface area contributed by atoms with Gasteiger partial charge in [0.15, 0.2) is 5.96 Å². The lowest BCUT2D eigenvalue weighted by molar-refractivity contribution is -0.118. The highest BCUT2D eigenvalue weighted by Crippen LogP contribution is 2.21. The molecule has 0 spiro atoms. The first-order chi connectivity index (χ1) is 14.4. The van der Waals surface area contributed by atoms with Crippen molar-refractivity contribution in [1.82, 2.24) is 10.6 Å². The van der Waals surface area contributed by atoms with E-state index in [0.29, 0.717) is 12.5 Å². The standard InChI is InChI=1S/C24H34N4O2/c1-17(2)23(29)28-21-10-6-19(7-11-21)16-27-24(25-4)26-15-14-18(3)20-8-12-22(30-5)13-9-20/h6-13,17-18H,14-16H2,1-5H3,(H,28,29)(H2,25,26,27). The summed E-state index contributed by atoms with van der Waals surface area (Å²) < 4.78 is 5.22. The Morgan fingerprint density at radius 3 is 2.23 bits per heavy atom. The molecule has 0 fully saturated rings. The van der Waals surface area contributed by atoms with Gasteiger partial charge in [0.1, 0.15) is 5.75 Å². The van der Waals surface area contributed by atoms with Crippen molar-refractivity contribution in [3.63, 3.8) is 0 Å². The maximum Gasteiger partial charge on any atom is 0.226 e. The molecule has 2 aromatic rings. The number of methoxy groups -OCH3 is 1. The number of rotatable bonds is 9. The lowest BCUT2D eigenvalue weighted by Gasteiger charge is -2.16. The number of hydrogen-bond donors (Lipinski definition) is 3. The van der Waals surface area contributed by atoms with Gasteiger partial charge in [-0.2, -0.15) is 0 Å². The van der Waals surface area contributed by atoms with Crippen molar-refractivity contribution in [3.8, 4) is 5.75 Å². The van der Waals surface area contributed by atoms with Crippen LogP contribution in [0.5, 0.6) is 5.75 Å². The average Bonchev–Trinajstić information content (AvgIpc) is 2.76. The van der Waals surface area contributed by atoms with E-state index in [1.807, 2.05) is 50.2 Å². The van der Waals surface area contributed by atoms with Crippen molar-refractivity contribution in [3.05, 3.63) is 59.7 Å². The third-order valence-electron chi connectivity index (χ3n) is 4.98. The molecule has 2 aromatic carbocycles. The third-order valence-corrected chi connectivity index (χ3v) is 4.98. The molecular weight excluding hydrogens is 376 g/mol. The second-order valence-corrected chi connectivity index (χ2v) is 7.66. The van der Waals surface area contributed by atoms with Gasteiger partial charge in [-0.15, -0.1) is 0 Å². The smallest absolute Gasteiger partial charge is 0.226 e. The summed E-state index contributed by atoms with van der Waals surface area (Å²) in [5.41, 5.74) is 3.23. The number of ether oxygens (including phenoxy) is 1. The molecule has 3 N–H and O–H groups in total. The minimum absolute atomic E-state index is 0.0225. The summed E-state index contributed by atoms with van der Waals surface area (Å²) in [4.78, 5) is 16.1. The van der Waals surface area contributed by atoms with Crippen LogP contribution in [0.2, 0.25) is 0 Å². The number of nitrogens with zero attached hydrogens (tertiary/aromatic N) is 1. The van der Waals surface area contributed by atoms with Crippen LogP contribution in [0.3, 0.4) is 0 Å². The van der Waals surface area contributed by atoms with E-state index in [4.69, 9.17) is 4.74 Å². The first-order valence-corrected chi connectivity index (χ1v) is 10.4. The summed E-state index contributed by atoms with van der Waals surface area (Å²) >= 11 is 0. The number of guanidine groups is 1. The fourth-order valence-corrected chi connectivity index (χ4v) is 2.91. The molecule has 0 aromatic heterocycles. The van der Waals surface area contributed by atoms with Crippen LogP contribution < -0.4 is 20.7 Å². The van der Waals surface area contributed by atoms with E-state index in [0.717, 1.165) is 35.9 Å². The van der Waals surface area contributed by atoms with Crippen LogP contribution >= 0.6 is 0 Å². The van der Waals surface area contributed by atoms with E-state index in [-0.39, 0.29) is 11.8 Å². The Kier molecular flexibility index (Phi) is 9.19. The first-order valence-electron chi connectivity index (χ1n) is 10.4. The lowest BCUT2D eigenvalue weighted by atomic mass is 9.98. The summed E-state index contributed by atoms with van der Waals surface area (Å²) in [7, 11) is 3.45. The minimum Gasteiger partial charge on any atom is -0.497 e. The molecule has 162 valence electrons. The van der Waals surface area contributed by atoms with Crippen LogP contribution in [0.4, 0.5) is 5.69 Å². The summed E-state index contributed by atoms with van der Waals surface area (Å²) in [5, 5.41) is 9.60. The van der Waals surface area contributed by atoms with Gasteiger partial charge in [0, 0.05) is 31.7 Å². The van der Waals surface area contributed by atoms with E-state index < -0.39 is 0 Å². The van der Waals surface area contributed by atoms with Crippen molar-refractivity contribution in [2.24, 2.45) is 10.9 Å². The molecule has 2 rings (SSSR count). The van der Waals surface area contributed by atoms with Gasteiger partial charge in [-0.25, -0.2) is 0 Å². The van der Waals surface area contributed by atoms with Crippen molar-refractivity contribution < 1.29 is 9.53 Å². The maximum absolute atomic E-state index is 11.8. The molecule has 1 atom stereocenters. The van der Waals surface area contributed by atoms with Gasteiger partial charge in [0.2, 0.25) is 5.91 Å². The van der Waals surface area contributed by atoms with E-state index in [1.54, 1.807) is 14.2 Å². The number of benzene rings is 2. The number of carbonyl (C=O) groups excluding carboxylic acids is 1. The predicted octanol–water partition coefficient (Wildman–Crippen LogP) is 4.15. The fraction of sp³-hybridized carbons (Fsp3) is 0.417. The van der Waals surface area contributed by atoms with Gasteiger partial charge in [-0.3, -0.25) is 9.79 Å². The summed E-state index contributed by atoms with van der Waals surface area (Å²) in [6.07, 6.45) is 0.997. The largest absolute Gasteiger partial charge is 0.497 e. The van der Waals surface area contributed by atoms with Crippen LogP contribution in [-0.2, 0) is 11.3 Å². The Bertz CT molecular complexity index is 814. The van der Waals surface area contributed by atoms with Crippen molar-refractivity contribution in [2.75, 3.05) is 26.0 Å². The van der Waals surface area contributed by atoms with Crippen LogP contribution in [0.25, 0.3) is 0 Å². The zero-order valence-electron chi connectivity index (χ0n) is 18.7. The van der Waals surface area contributed by atoms with Crippen LogP contribution in [0, 0.1) is 5.92 Å². The van der Waals surface area contributed by atoms with Gasteiger partial charge < -0.3 is 20.7 Å². The van der Waals surface area contributed by atoms with Gasteiger partial charge in [0.05, 0.1) is 7.11 Å². The highest BCUT2D eigenvalue weighted by Gasteiger charge is 2.08. The second kappa shape index (κ2) is 11.9. The molecule has 0 heterocycles. The highest BCUT2D eigenvalue weighted by molar-refractivity contribution is 5.92. The summed E-state index contributed by atoms with van der Waals surface area (Å²) in [6.45, 7) is 7.46. The zero-order valence-corrected chi connectivity index (χ0v) is 18.7. The average molecular weight is 411 g/mol. The molecule has 0 saturated heterocycles. The van der Waals surface area contributed by atoms with Crippen LogP contribution in [-0.4, -0.2) is 32.6 Å². The molecule has 1 amide bonds. The molecule has 0 aliphatic carbocycles. The summed E-state index contributed by atoms with van der Waals surface area (Å²) in [6, 6.07) is 16.1. The van der Waals surface area contributed by atoms with Gasteiger partial charge >= 0.3 is 0 Å². The normalized spacial score (nSPS) is 12.4. The molecule has 1 unspecified atom stereocenters. The summed E-state index contributed by atoms with van der Waals surface area (Å²) in [5.74, 6) is 2.08. The third kappa shape index (κ3) is 7.43. The quantitative estimate of drug-likeness (QED) is 0.429. The molecule has 0 radical (unpaired) electrons. The van der Waals surface area contributed by atoms with E-state index in [2.05, 4.69) is 40.0 Å². The van der Waals surface area contributed by atoms with Crippen LogP contribution in [0.15, 0.2) is 53.5 Å². The number of anilines is 1. The molecular formula is C24H34N4O2. The van der Waals surface area contributed by atoms with E-state index in [1.165, 1.54) is 5.56 Å². The number of hydrogen-bond acceptors (Lipinski definition) is 3. The molecule has 6 heteroatoms. The molecule has 0 aliphatic heterocycles. The highest BCUT2D eigenvalue weighted by atomic mass is 16.5. The molecule has 30 heavy (non-hydrogen) atoms. The van der Waals surface area contributed by atoms with E-state index in [9.17, 15) is 4.79 Å². The second-order valence-electron chi connectivity index (χ2n) is 7.66. The van der Waals surface area contributed by atoms with Crippen LogP contribution in [0.1, 0.15) is 44.2 Å². The predicted molar refractivity (Wildman–Crippen MR) is 124 cm³/mol. The monoisotopic (exact) mass is 410 g/mol. The Morgan fingerprint density at radius 1 is 1.00 bits per heavy atom. The van der Waals surface area contributed by atoms with E-state index >= 15 is 0 Å².